The van der Waals surface area contributed by atoms with E-state index in [0.717, 1.165) is 17.7 Å². The van der Waals surface area contributed by atoms with Crippen LogP contribution < -0.4 is 10.5 Å². The second-order valence-corrected chi connectivity index (χ2v) is 6.50. The number of ether oxygens (including phenoxy) is 1. The molecule has 4 heteroatoms. The zero-order valence-corrected chi connectivity index (χ0v) is 12.5. The number of fused-ring (bicyclic) bond motifs is 1. The summed E-state index contributed by atoms with van der Waals surface area (Å²) in [5, 5.41) is 0.415. The molecule has 110 valence electrons. The van der Waals surface area contributed by atoms with Crippen LogP contribution in [0.2, 0.25) is 0 Å². The predicted octanol–water partition coefficient (Wildman–Crippen LogP) is 3.42. The van der Waals surface area contributed by atoms with Crippen LogP contribution in [0.5, 0.6) is 5.75 Å². The van der Waals surface area contributed by atoms with Gasteiger partial charge in [-0.05, 0) is 54.8 Å². The van der Waals surface area contributed by atoms with Crippen LogP contribution in [0.1, 0.15) is 11.1 Å². The minimum atomic E-state index is -0.242. The highest BCUT2D eigenvalue weighted by atomic mass is 32.2. The summed E-state index contributed by atoms with van der Waals surface area (Å²) in [6.07, 6.45) is 1.65. The molecule has 0 spiro atoms. The maximum atomic E-state index is 13.3. The lowest BCUT2D eigenvalue weighted by Gasteiger charge is -2.14. The molecule has 1 heterocycles. The third-order valence-corrected chi connectivity index (χ3v) is 4.86. The van der Waals surface area contributed by atoms with E-state index in [9.17, 15) is 4.39 Å². The summed E-state index contributed by atoms with van der Waals surface area (Å²) in [4.78, 5) is 1.34. The van der Waals surface area contributed by atoms with Gasteiger partial charge in [0.2, 0.25) is 0 Å². The van der Waals surface area contributed by atoms with Gasteiger partial charge in [0.25, 0.3) is 0 Å². The third-order valence-electron chi connectivity index (χ3n) is 3.57. The highest BCUT2D eigenvalue weighted by Gasteiger charge is 2.22. The van der Waals surface area contributed by atoms with E-state index >= 15 is 0 Å². The molecule has 0 saturated heterocycles. The highest BCUT2D eigenvalue weighted by molar-refractivity contribution is 8.00. The molecule has 0 fully saturated rings. The minimum Gasteiger partial charge on any atom is -0.492 e. The summed E-state index contributed by atoms with van der Waals surface area (Å²) >= 11 is 1.85. The van der Waals surface area contributed by atoms with Crippen molar-refractivity contribution in [1.29, 1.82) is 0 Å². The molecule has 21 heavy (non-hydrogen) atoms. The summed E-state index contributed by atoms with van der Waals surface area (Å²) < 4.78 is 19.2. The van der Waals surface area contributed by atoms with Crippen molar-refractivity contribution in [3.8, 4) is 5.75 Å². The Morgan fingerprint density at radius 1 is 1.24 bits per heavy atom. The molecule has 1 aliphatic heterocycles. The second kappa shape index (κ2) is 6.50. The number of hydrogen-bond acceptors (Lipinski definition) is 3. The van der Waals surface area contributed by atoms with Crippen LogP contribution in [0.4, 0.5) is 4.39 Å². The summed E-state index contributed by atoms with van der Waals surface area (Å²) in [6, 6.07) is 13.1. The van der Waals surface area contributed by atoms with E-state index in [4.69, 9.17) is 10.5 Å². The molecular weight excluding hydrogens is 285 g/mol. The van der Waals surface area contributed by atoms with E-state index in [1.165, 1.54) is 22.6 Å². The quantitative estimate of drug-likeness (QED) is 0.919. The van der Waals surface area contributed by atoms with Crippen LogP contribution in [0, 0.1) is 5.82 Å². The van der Waals surface area contributed by atoms with Crippen molar-refractivity contribution < 1.29 is 9.13 Å². The Hall–Kier alpha value is -1.52. The summed E-state index contributed by atoms with van der Waals surface area (Å²) in [7, 11) is 0. The largest absolute Gasteiger partial charge is 0.492 e. The number of rotatable bonds is 5. The van der Waals surface area contributed by atoms with Gasteiger partial charge in [0.1, 0.15) is 18.2 Å². The number of hydrogen-bond donors (Lipinski definition) is 1. The lowest BCUT2D eigenvalue weighted by atomic mass is 10.1. The number of nitrogens with two attached hydrogens (primary N) is 1. The van der Waals surface area contributed by atoms with Crippen molar-refractivity contribution in [1.82, 2.24) is 0 Å². The Bertz CT molecular complexity index is 607. The first-order chi connectivity index (χ1) is 10.3. The molecule has 1 aliphatic rings. The standard InChI is InChI=1S/C17H18FNOS/c18-14-5-6-16(12(9-14)7-8-19)20-11-15-10-13-3-1-2-4-17(13)21-15/h1-6,9,15H,7-8,10-11,19H2. The Labute approximate surface area is 128 Å². The van der Waals surface area contributed by atoms with E-state index < -0.39 is 0 Å². The van der Waals surface area contributed by atoms with E-state index in [0.29, 0.717) is 24.8 Å². The van der Waals surface area contributed by atoms with Gasteiger partial charge < -0.3 is 10.5 Å². The van der Waals surface area contributed by atoms with E-state index in [-0.39, 0.29) is 5.82 Å². The van der Waals surface area contributed by atoms with Crippen LogP contribution in [0.15, 0.2) is 47.4 Å². The van der Waals surface area contributed by atoms with Crippen molar-refractivity contribution in [2.75, 3.05) is 13.2 Å². The van der Waals surface area contributed by atoms with Crippen molar-refractivity contribution in [3.05, 3.63) is 59.4 Å². The minimum absolute atomic E-state index is 0.242. The second-order valence-electron chi connectivity index (χ2n) is 5.15. The van der Waals surface area contributed by atoms with Crippen LogP contribution in [-0.2, 0) is 12.8 Å². The lowest BCUT2D eigenvalue weighted by Crippen LogP contribution is -2.15. The Balaban J connectivity index is 1.64. The van der Waals surface area contributed by atoms with E-state index in [2.05, 4.69) is 24.3 Å². The van der Waals surface area contributed by atoms with Crippen LogP contribution in [-0.4, -0.2) is 18.4 Å². The molecule has 0 amide bonds. The normalized spacial score (nSPS) is 16.8. The molecule has 0 radical (unpaired) electrons. The van der Waals surface area contributed by atoms with Gasteiger partial charge in [-0.25, -0.2) is 4.39 Å². The summed E-state index contributed by atoms with van der Waals surface area (Å²) in [5.41, 5.74) is 7.81. The lowest BCUT2D eigenvalue weighted by molar-refractivity contribution is 0.314. The zero-order chi connectivity index (χ0) is 14.7. The molecular formula is C17H18FNOS. The fourth-order valence-electron chi connectivity index (χ4n) is 2.57. The van der Waals surface area contributed by atoms with Gasteiger partial charge in [-0.15, -0.1) is 11.8 Å². The molecule has 2 aromatic carbocycles. The average molecular weight is 303 g/mol. The van der Waals surface area contributed by atoms with E-state index in [1.807, 2.05) is 11.8 Å². The molecule has 1 atom stereocenters. The Morgan fingerprint density at radius 3 is 2.90 bits per heavy atom. The van der Waals surface area contributed by atoms with Crippen molar-refractivity contribution in [2.24, 2.45) is 5.73 Å². The van der Waals surface area contributed by atoms with Gasteiger partial charge in [-0.2, -0.15) is 0 Å². The monoisotopic (exact) mass is 303 g/mol. The van der Waals surface area contributed by atoms with Crippen molar-refractivity contribution in [3.63, 3.8) is 0 Å². The molecule has 2 N–H and O–H groups in total. The number of halogens is 1. The zero-order valence-electron chi connectivity index (χ0n) is 11.7. The van der Waals surface area contributed by atoms with Crippen LogP contribution in [0.3, 0.4) is 0 Å². The Kier molecular flexibility index (Phi) is 4.46. The fraction of sp³-hybridized carbons (Fsp3) is 0.294. The number of benzene rings is 2. The molecule has 2 aromatic rings. The predicted molar refractivity (Wildman–Crippen MR) is 84.4 cm³/mol. The van der Waals surface area contributed by atoms with Gasteiger partial charge >= 0.3 is 0 Å². The average Bonchev–Trinajstić information content (AvgIpc) is 2.89. The maximum Gasteiger partial charge on any atom is 0.123 e. The molecule has 0 aliphatic carbocycles. The molecule has 0 saturated carbocycles. The fourth-order valence-corrected chi connectivity index (χ4v) is 3.79. The number of thioether (sulfide) groups is 1. The van der Waals surface area contributed by atoms with Gasteiger partial charge in [0, 0.05) is 10.1 Å². The van der Waals surface area contributed by atoms with Gasteiger partial charge in [0.15, 0.2) is 0 Å². The Morgan fingerprint density at radius 2 is 2.10 bits per heavy atom. The molecule has 2 nitrogen and oxygen atoms in total. The first-order valence-corrected chi connectivity index (χ1v) is 8.00. The molecule has 0 bridgehead atoms. The van der Waals surface area contributed by atoms with Gasteiger partial charge in [0.05, 0.1) is 0 Å². The maximum absolute atomic E-state index is 13.3. The van der Waals surface area contributed by atoms with Gasteiger partial charge in [-0.1, -0.05) is 18.2 Å². The van der Waals surface area contributed by atoms with Crippen molar-refractivity contribution in [2.45, 2.75) is 23.0 Å². The first-order valence-electron chi connectivity index (χ1n) is 7.12. The van der Waals surface area contributed by atoms with Gasteiger partial charge in [-0.3, -0.25) is 0 Å². The van der Waals surface area contributed by atoms with Crippen LogP contribution in [0.25, 0.3) is 0 Å². The van der Waals surface area contributed by atoms with Crippen molar-refractivity contribution >= 4 is 11.8 Å². The van der Waals surface area contributed by atoms with Crippen LogP contribution >= 0.6 is 11.8 Å². The SMILES string of the molecule is NCCc1cc(F)ccc1OCC1Cc2ccccc2S1. The highest BCUT2D eigenvalue weighted by Crippen LogP contribution is 2.37. The van der Waals surface area contributed by atoms with E-state index in [1.54, 1.807) is 6.07 Å². The topological polar surface area (TPSA) is 35.2 Å². The third kappa shape index (κ3) is 3.39. The molecule has 3 rings (SSSR count). The summed E-state index contributed by atoms with van der Waals surface area (Å²) in [6.45, 7) is 1.12. The first kappa shape index (κ1) is 14.4. The smallest absolute Gasteiger partial charge is 0.123 e. The molecule has 0 aromatic heterocycles. The summed E-state index contributed by atoms with van der Waals surface area (Å²) in [5.74, 6) is 0.506. The molecule has 1 unspecified atom stereocenters.